The maximum absolute atomic E-state index is 13.4. The molecule has 0 atom stereocenters. The van der Waals surface area contributed by atoms with Crippen molar-refractivity contribution in [2.75, 3.05) is 44.6 Å². The van der Waals surface area contributed by atoms with E-state index >= 15 is 0 Å². The normalized spacial score (nSPS) is 13.8. The van der Waals surface area contributed by atoms with Crippen molar-refractivity contribution in [1.82, 2.24) is 9.80 Å². The minimum atomic E-state index is -3.72. The number of aliphatic carboxylic acids is 2. The van der Waals surface area contributed by atoms with Gasteiger partial charge in [0.15, 0.2) is 0 Å². The molecular formula is C31H43N3O7S. The van der Waals surface area contributed by atoms with Gasteiger partial charge in [-0.2, -0.15) is 0 Å². The van der Waals surface area contributed by atoms with Gasteiger partial charge in [0.1, 0.15) is 0 Å². The van der Waals surface area contributed by atoms with Gasteiger partial charge in [-0.25, -0.2) is 18.0 Å². The average molecular weight is 602 g/mol. The Balaban J connectivity index is 0.000000675. The van der Waals surface area contributed by atoms with Crippen LogP contribution in [0.15, 0.2) is 71.6 Å². The van der Waals surface area contributed by atoms with Crippen molar-refractivity contribution >= 4 is 33.6 Å². The molecular weight excluding hydrogens is 558 g/mol. The Labute approximate surface area is 249 Å². The number of likely N-dealkylation sites (N-methyl/N-ethyl adjacent to an activating group) is 1. The summed E-state index contributed by atoms with van der Waals surface area (Å²) in [6.07, 6.45) is 7.93. The number of carbonyl (C=O) groups excluding carboxylic acids is 1. The summed E-state index contributed by atoms with van der Waals surface area (Å²) >= 11 is 0. The van der Waals surface area contributed by atoms with Crippen molar-refractivity contribution < 1.29 is 33.0 Å². The van der Waals surface area contributed by atoms with Crippen LogP contribution in [-0.4, -0.2) is 86.6 Å². The number of anilines is 1. The predicted octanol–water partition coefficient (Wildman–Crippen LogP) is 4.59. The summed E-state index contributed by atoms with van der Waals surface area (Å²) in [5.41, 5.74) is 1.18. The van der Waals surface area contributed by atoms with Gasteiger partial charge in [0.25, 0.3) is 15.9 Å². The van der Waals surface area contributed by atoms with Crippen LogP contribution in [0, 0.1) is 5.92 Å². The molecule has 1 aliphatic carbocycles. The summed E-state index contributed by atoms with van der Waals surface area (Å²) < 4.78 is 28.2. The number of amides is 1. The molecule has 3 rings (SSSR count). The third-order valence-electron chi connectivity index (χ3n) is 6.84. The van der Waals surface area contributed by atoms with E-state index in [1.807, 2.05) is 44.1 Å². The summed E-state index contributed by atoms with van der Waals surface area (Å²) in [6.45, 7) is 4.59. The SMILES string of the molecule is CCCN(c1ccccc1)S(=O)(=O)c1ccc(C(=O)N(CCN(C)C)CC2CCCCC2)cc1.O=C(O)C=CC(=O)O. The van der Waals surface area contributed by atoms with Crippen LogP contribution in [0.3, 0.4) is 0 Å². The van der Waals surface area contributed by atoms with Crippen LogP contribution >= 0.6 is 0 Å². The minimum Gasteiger partial charge on any atom is -0.478 e. The van der Waals surface area contributed by atoms with E-state index < -0.39 is 22.0 Å². The molecule has 11 heteroatoms. The largest absolute Gasteiger partial charge is 0.478 e. The molecule has 1 aliphatic rings. The van der Waals surface area contributed by atoms with Gasteiger partial charge in [-0.1, -0.05) is 44.4 Å². The number of nitrogens with zero attached hydrogens (tertiary/aromatic N) is 3. The van der Waals surface area contributed by atoms with E-state index in [1.165, 1.54) is 36.4 Å². The molecule has 0 bridgehead atoms. The number of carboxylic acid groups (broad SMARTS) is 2. The molecule has 10 nitrogen and oxygen atoms in total. The van der Waals surface area contributed by atoms with Crippen LogP contribution in [0.4, 0.5) is 5.69 Å². The maximum Gasteiger partial charge on any atom is 0.328 e. The number of sulfonamides is 1. The van der Waals surface area contributed by atoms with Crippen molar-refractivity contribution in [2.24, 2.45) is 5.92 Å². The molecule has 0 heterocycles. The monoisotopic (exact) mass is 601 g/mol. The van der Waals surface area contributed by atoms with Gasteiger partial charge in [0.2, 0.25) is 0 Å². The first-order valence-electron chi connectivity index (χ1n) is 14.2. The van der Waals surface area contributed by atoms with Crippen molar-refractivity contribution in [3.8, 4) is 0 Å². The Bertz CT molecular complexity index is 1260. The van der Waals surface area contributed by atoms with Crippen LogP contribution in [0.1, 0.15) is 55.8 Å². The van der Waals surface area contributed by atoms with Gasteiger partial charge in [0.05, 0.1) is 10.6 Å². The second kappa shape index (κ2) is 17.3. The fourth-order valence-corrected chi connectivity index (χ4v) is 6.24. The quantitative estimate of drug-likeness (QED) is 0.319. The average Bonchev–Trinajstić information content (AvgIpc) is 2.97. The summed E-state index contributed by atoms with van der Waals surface area (Å²) in [5.74, 6) is -1.99. The number of carboxylic acids is 2. The van der Waals surface area contributed by atoms with E-state index in [0.717, 1.165) is 13.1 Å². The first-order valence-corrected chi connectivity index (χ1v) is 15.7. The Kier molecular flexibility index (Phi) is 14.2. The standard InChI is InChI=1S/C27H39N3O3S.C4H4O4/c1-4-19-30(25-13-9-6-10-14-25)34(32,33)26-17-15-24(16-18-26)27(31)29(21-20-28(2)3)22-23-11-7-5-8-12-23;5-3(6)1-2-4(7)8/h6,9-10,13-18,23H,4-5,7-8,11-12,19-22H2,1-3H3;1-2H,(H,5,6)(H,7,8). The highest BCUT2D eigenvalue weighted by Crippen LogP contribution is 2.26. The number of benzene rings is 2. The smallest absolute Gasteiger partial charge is 0.328 e. The number of rotatable bonds is 13. The van der Waals surface area contributed by atoms with Crippen molar-refractivity contribution in [3.05, 3.63) is 72.3 Å². The lowest BCUT2D eigenvalue weighted by Gasteiger charge is -2.31. The molecule has 0 aliphatic heterocycles. The molecule has 0 spiro atoms. The van der Waals surface area contributed by atoms with Crippen LogP contribution in [0.5, 0.6) is 0 Å². The van der Waals surface area contributed by atoms with Gasteiger partial charge in [0, 0.05) is 43.9 Å². The number of para-hydroxylation sites is 1. The van der Waals surface area contributed by atoms with E-state index in [-0.39, 0.29) is 10.8 Å². The molecule has 1 fully saturated rings. The molecule has 2 aromatic rings. The molecule has 42 heavy (non-hydrogen) atoms. The predicted molar refractivity (Wildman–Crippen MR) is 163 cm³/mol. The van der Waals surface area contributed by atoms with Crippen LogP contribution in [0.25, 0.3) is 0 Å². The van der Waals surface area contributed by atoms with Crippen molar-refractivity contribution in [3.63, 3.8) is 0 Å². The fourth-order valence-electron chi connectivity index (χ4n) is 4.69. The van der Waals surface area contributed by atoms with Crippen molar-refractivity contribution in [1.29, 1.82) is 0 Å². The van der Waals surface area contributed by atoms with E-state index in [0.29, 0.717) is 48.8 Å². The first-order chi connectivity index (χ1) is 19.9. The molecule has 0 saturated heterocycles. The topological polar surface area (TPSA) is 136 Å². The van der Waals surface area contributed by atoms with Crippen molar-refractivity contribution in [2.45, 2.75) is 50.3 Å². The second-order valence-electron chi connectivity index (χ2n) is 10.5. The highest BCUT2D eigenvalue weighted by atomic mass is 32.2. The van der Waals surface area contributed by atoms with Crippen LogP contribution < -0.4 is 4.31 Å². The zero-order valence-electron chi connectivity index (χ0n) is 24.7. The summed E-state index contributed by atoms with van der Waals surface area (Å²) in [5, 5.41) is 15.6. The van der Waals surface area contributed by atoms with E-state index in [2.05, 4.69) is 4.90 Å². The van der Waals surface area contributed by atoms with Gasteiger partial charge in [-0.15, -0.1) is 0 Å². The highest BCUT2D eigenvalue weighted by Gasteiger charge is 2.26. The Morgan fingerprint density at radius 3 is 1.90 bits per heavy atom. The summed E-state index contributed by atoms with van der Waals surface area (Å²) in [6, 6.07) is 15.6. The third-order valence-corrected chi connectivity index (χ3v) is 8.68. The van der Waals surface area contributed by atoms with E-state index in [4.69, 9.17) is 10.2 Å². The Morgan fingerprint density at radius 2 is 1.40 bits per heavy atom. The molecule has 0 aromatic heterocycles. The number of hydrogen-bond acceptors (Lipinski definition) is 6. The zero-order valence-corrected chi connectivity index (χ0v) is 25.5. The Morgan fingerprint density at radius 1 is 0.833 bits per heavy atom. The molecule has 0 radical (unpaired) electrons. The first kappa shape index (κ1) is 34.5. The van der Waals surface area contributed by atoms with Crippen LogP contribution in [-0.2, 0) is 19.6 Å². The van der Waals surface area contributed by atoms with E-state index in [9.17, 15) is 22.8 Å². The van der Waals surface area contributed by atoms with E-state index in [1.54, 1.807) is 36.4 Å². The second-order valence-corrected chi connectivity index (χ2v) is 12.4. The molecule has 230 valence electrons. The van der Waals surface area contributed by atoms with Gasteiger partial charge in [-0.3, -0.25) is 9.10 Å². The highest BCUT2D eigenvalue weighted by molar-refractivity contribution is 7.92. The van der Waals surface area contributed by atoms with Gasteiger partial charge >= 0.3 is 11.9 Å². The summed E-state index contributed by atoms with van der Waals surface area (Å²) in [4.78, 5) is 36.7. The lowest BCUT2D eigenvalue weighted by molar-refractivity contribution is -0.134. The molecule has 1 amide bonds. The maximum atomic E-state index is 13.4. The minimum absolute atomic E-state index is 0.0233. The Hall–Kier alpha value is -3.70. The number of hydrogen-bond donors (Lipinski definition) is 2. The summed E-state index contributed by atoms with van der Waals surface area (Å²) in [7, 11) is 0.302. The zero-order chi connectivity index (χ0) is 31.1. The molecule has 2 aromatic carbocycles. The molecule has 1 saturated carbocycles. The van der Waals surface area contributed by atoms with Gasteiger partial charge in [-0.05, 0) is 75.7 Å². The van der Waals surface area contributed by atoms with Crippen LogP contribution in [0.2, 0.25) is 0 Å². The molecule has 2 N–H and O–H groups in total. The lowest BCUT2D eigenvalue weighted by atomic mass is 9.89. The lowest BCUT2D eigenvalue weighted by Crippen LogP contribution is -2.40. The fraction of sp³-hybridized carbons (Fsp3) is 0.452. The third kappa shape index (κ3) is 11.3. The number of carbonyl (C=O) groups is 3. The molecule has 0 unspecified atom stereocenters. The van der Waals surface area contributed by atoms with Gasteiger partial charge < -0.3 is 20.0 Å².